The van der Waals surface area contributed by atoms with Crippen LogP contribution < -0.4 is 0 Å². The molecule has 72 valence electrons. The molecule has 0 amide bonds. The summed E-state index contributed by atoms with van der Waals surface area (Å²) in [5, 5.41) is 0. The summed E-state index contributed by atoms with van der Waals surface area (Å²) >= 11 is 0. The van der Waals surface area contributed by atoms with Gasteiger partial charge in [-0.15, -0.1) is 0 Å². The van der Waals surface area contributed by atoms with Crippen LogP contribution in [-0.2, 0) is 0 Å². The molecule has 0 spiro atoms. The third kappa shape index (κ3) is 1.72. The molecule has 0 aliphatic carbocycles. The quantitative estimate of drug-likeness (QED) is 0.689. The Labute approximate surface area is 84.4 Å². The molecule has 0 radical (unpaired) electrons. The molecule has 1 aromatic carbocycles. The van der Waals surface area contributed by atoms with E-state index in [1.165, 1.54) is 11.1 Å². The summed E-state index contributed by atoms with van der Waals surface area (Å²) in [4.78, 5) is 0. The van der Waals surface area contributed by atoms with Crippen molar-refractivity contribution in [3.8, 4) is 11.1 Å². The molecule has 0 saturated heterocycles. The first kappa shape index (κ1) is 9.07. The molecule has 1 heteroatoms. The highest BCUT2D eigenvalue weighted by Crippen LogP contribution is 2.22. The monoisotopic (exact) mass is 186 g/mol. The summed E-state index contributed by atoms with van der Waals surface area (Å²) in [6, 6.07) is 10.6. The lowest BCUT2D eigenvalue weighted by Gasteiger charge is -2.05. The molecule has 2 aromatic rings. The molecule has 14 heavy (non-hydrogen) atoms. The van der Waals surface area contributed by atoms with Gasteiger partial charge >= 0.3 is 0 Å². The number of hydrogen-bond acceptors (Lipinski definition) is 1. The maximum absolute atomic E-state index is 5.05. The fourth-order valence-electron chi connectivity index (χ4n) is 1.49. The Morgan fingerprint density at radius 3 is 2.14 bits per heavy atom. The highest BCUT2D eigenvalue weighted by atomic mass is 16.3. The van der Waals surface area contributed by atoms with E-state index in [-0.39, 0.29) is 0 Å². The second-order valence-corrected chi connectivity index (χ2v) is 3.79. The Morgan fingerprint density at radius 2 is 1.64 bits per heavy atom. The minimum atomic E-state index is 0.591. The molecule has 0 atom stereocenters. The summed E-state index contributed by atoms with van der Waals surface area (Å²) in [7, 11) is 0. The van der Waals surface area contributed by atoms with Gasteiger partial charge in [0.25, 0.3) is 0 Å². The largest absolute Gasteiger partial charge is 0.472 e. The minimum absolute atomic E-state index is 0.591. The molecule has 0 unspecified atom stereocenters. The molecule has 0 saturated carbocycles. The zero-order chi connectivity index (χ0) is 9.97. The van der Waals surface area contributed by atoms with E-state index in [0.29, 0.717) is 5.92 Å². The van der Waals surface area contributed by atoms with Crippen molar-refractivity contribution >= 4 is 0 Å². The minimum Gasteiger partial charge on any atom is -0.472 e. The van der Waals surface area contributed by atoms with Crippen molar-refractivity contribution in [3.63, 3.8) is 0 Å². The van der Waals surface area contributed by atoms with E-state index in [4.69, 9.17) is 4.42 Å². The van der Waals surface area contributed by atoms with Gasteiger partial charge in [-0.2, -0.15) is 0 Å². The Bertz CT molecular complexity index is 382. The molecule has 2 rings (SSSR count). The van der Waals surface area contributed by atoms with E-state index in [0.717, 1.165) is 5.56 Å². The van der Waals surface area contributed by atoms with E-state index in [2.05, 4.69) is 38.1 Å². The van der Waals surface area contributed by atoms with E-state index in [1.807, 2.05) is 6.07 Å². The van der Waals surface area contributed by atoms with Crippen LogP contribution in [-0.4, -0.2) is 0 Å². The fraction of sp³-hybridized carbons (Fsp3) is 0.231. The SMILES string of the molecule is CC(C)c1ccc(-c2ccoc2)cc1. The van der Waals surface area contributed by atoms with Gasteiger partial charge in [0, 0.05) is 5.56 Å². The van der Waals surface area contributed by atoms with Gasteiger partial charge < -0.3 is 4.42 Å². The molecule has 0 aliphatic heterocycles. The van der Waals surface area contributed by atoms with Crippen molar-refractivity contribution in [2.45, 2.75) is 19.8 Å². The molecule has 0 N–H and O–H groups in total. The summed E-state index contributed by atoms with van der Waals surface area (Å²) in [5.41, 5.74) is 3.72. The number of rotatable bonds is 2. The lowest BCUT2D eigenvalue weighted by Crippen LogP contribution is -1.85. The average molecular weight is 186 g/mol. The second-order valence-electron chi connectivity index (χ2n) is 3.79. The zero-order valence-electron chi connectivity index (χ0n) is 8.53. The van der Waals surface area contributed by atoms with Crippen LogP contribution in [0.1, 0.15) is 25.3 Å². The van der Waals surface area contributed by atoms with Crippen molar-refractivity contribution in [1.29, 1.82) is 0 Å². The predicted octanol–water partition coefficient (Wildman–Crippen LogP) is 4.07. The molecule has 1 nitrogen and oxygen atoms in total. The number of hydrogen-bond donors (Lipinski definition) is 0. The highest BCUT2D eigenvalue weighted by molar-refractivity contribution is 5.62. The van der Waals surface area contributed by atoms with Crippen LogP contribution >= 0.6 is 0 Å². The van der Waals surface area contributed by atoms with Crippen molar-refractivity contribution in [2.24, 2.45) is 0 Å². The maximum atomic E-state index is 5.05. The molecule has 0 aliphatic rings. The molecule has 1 aromatic heterocycles. The summed E-state index contributed by atoms with van der Waals surface area (Å²) < 4.78 is 5.05. The first-order valence-electron chi connectivity index (χ1n) is 4.90. The summed E-state index contributed by atoms with van der Waals surface area (Å²) in [5.74, 6) is 0.591. The maximum Gasteiger partial charge on any atom is 0.0980 e. The summed E-state index contributed by atoms with van der Waals surface area (Å²) in [6.07, 6.45) is 3.47. The average Bonchev–Trinajstić information content (AvgIpc) is 2.71. The third-order valence-corrected chi connectivity index (χ3v) is 2.43. The first-order chi connectivity index (χ1) is 6.77. The second kappa shape index (κ2) is 3.70. The van der Waals surface area contributed by atoms with Crippen LogP contribution in [0.15, 0.2) is 47.3 Å². The Balaban J connectivity index is 2.31. The normalized spacial score (nSPS) is 10.8. The molecule has 1 heterocycles. The van der Waals surface area contributed by atoms with Crippen molar-refractivity contribution in [3.05, 3.63) is 48.4 Å². The lowest BCUT2D eigenvalue weighted by molar-refractivity contribution is 0.568. The third-order valence-electron chi connectivity index (χ3n) is 2.43. The van der Waals surface area contributed by atoms with Crippen LogP contribution in [0.3, 0.4) is 0 Å². The standard InChI is InChI=1S/C13H14O/c1-10(2)11-3-5-12(6-4-11)13-7-8-14-9-13/h3-10H,1-2H3. The van der Waals surface area contributed by atoms with Crippen LogP contribution in [0.25, 0.3) is 11.1 Å². The van der Waals surface area contributed by atoms with Gasteiger partial charge in [-0.1, -0.05) is 38.1 Å². The van der Waals surface area contributed by atoms with Gasteiger partial charge in [0.1, 0.15) is 0 Å². The van der Waals surface area contributed by atoms with Crippen LogP contribution in [0.5, 0.6) is 0 Å². The Hall–Kier alpha value is -1.50. The van der Waals surface area contributed by atoms with Gasteiger partial charge in [0.2, 0.25) is 0 Å². The molecular weight excluding hydrogens is 172 g/mol. The van der Waals surface area contributed by atoms with Crippen LogP contribution in [0.2, 0.25) is 0 Å². The number of benzene rings is 1. The zero-order valence-corrected chi connectivity index (χ0v) is 8.53. The van der Waals surface area contributed by atoms with Crippen molar-refractivity contribution in [2.75, 3.05) is 0 Å². The lowest BCUT2D eigenvalue weighted by atomic mass is 10.0. The van der Waals surface area contributed by atoms with Gasteiger partial charge in [-0.25, -0.2) is 0 Å². The van der Waals surface area contributed by atoms with Gasteiger partial charge in [-0.3, -0.25) is 0 Å². The van der Waals surface area contributed by atoms with Crippen molar-refractivity contribution in [1.82, 2.24) is 0 Å². The molecule has 0 bridgehead atoms. The number of furan rings is 1. The first-order valence-corrected chi connectivity index (χ1v) is 4.90. The topological polar surface area (TPSA) is 13.1 Å². The van der Waals surface area contributed by atoms with Gasteiger partial charge in [-0.05, 0) is 23.1 Å². The van der Waals surface area contributed by atoms with Crippen LogP contribution in [0.4, 0.5) is 0 Å². The van der Waals surface area contributed by atoms with E-state index in [9.17, 15) is 0 Å². The molecule has 0 fully saturated rings. The summed E-state index contributed by atoms with van der Waals surface area (Å²) in [6.45, 7) is 4.40. The van der Waals surface area contributed by atoms with Gasteiger partial charge in [0.15, 0.2) is 0 Å². The predicted molar refractivity (Wildman–Crippen MR) is 58.2 cm³/mol. The smallest absolute Gasteiger partial charge is 0.0980 e. The van der Waals surface area contributed by atoms with Crippen LogP contribution in [0, 0.1) is 0 Å². The van der Waals surface area contributed by atoms with Gasteiger partial charge in [0.05, 0.1) is 12.5 Å². The van der Waals surface area contributed by atoms with Crippen molar-refractivity contribution < 1.29 is 4.42 Å². The Morgan fingerprint density at radius 1 is 0.929 bits per heavy atom. The van der Waals surface area contributed by atoms with E-state index in [1.54, 1.807) is 12.5 Å². The molecular formula is C13H14O. The fourth-order valence-corrected chi connectivity index (χ4v) is 1.49. The Kier molecular flexibility index (Phi) is 2.40. The van der Waals surface area contributed by atoms with E-state index >= 15 is 0 Å². The van der Waals surface area contributed by atoms with E-state index < -0.39 is 0 Å². The highest BCUT2D eigenvalue weighted by Gasteiger charge is 2.01.